The Morgan fingerprint density at radius 3 is 2.82 bits per heavy atom. The molecule has 66 valence electrons. The second-order valence-corrected chi connectivity index (χ2v) is 3.42. The highest BCUT2D eigenvalue weighted by Gasteiger charge is 2.32. The highest BCUT2D eigenvalue weighted by molar-refractivity contribution is 4.86. The molecule has 0 aromatic carbocycles. The zero-order valence-corrected chi connectivity index (χ0v) is 7.65. The summed E-state index contributed by atoms with van der Waals surface area (Å²) in [6, 6.07) is 0. The summed E-state index contributed by atoms with van der Waals surface area (Å²) in [4.78, 5) is 0. The summed E-state index contributed by atoms with van der Waals surface area (Å²) < 4.78 is 5.76. The minimum absolute atomic E-state index is 0.184. The van der Waals surface area contributed by atoms with E-state index < -0.39 is 0 Å². The molecule has 1 aliphatic heterocycles. The van der Waals surface area contributed by atoms with Crippen molar-refractivity contribution in [3.63, 3.8) is 0 Å². The first-order valence-corrected chi connectivity index (χ1v) is 4.61. The third-order valence-corrected chi connectivity index (χ3v) is 2.39. The first-order valence-electron chi connectivity index (χ1n) is 4.61. The number of nitrogens with one attached hydrogen (secondary N) is 1. The van der Waals surface area contributed by atoms with Crippen LogP contribution in [0.3, 0.4) is 0 Å². The van der Waals surface area contributed by atoms with Crippen LogP contribution in [0.25, 0.3) is 0 Å². The van der Waals surface area contributed by atoms with Crippen molar-refractivity contribution in [2.24, 2.45) is 0 Å². The third-order valence-electron chi connectivity index (χ3n) is 2.39. The van der Waals surface area contributed by atoms with Gasteiger partial charge in [-0.3, -0.25) is 0 Å². The molecular weight excluding hydrogens is 138 g/mol. The second-order valence-electron chi connectivity index (χ2n) is 3.42. The molecule has 2 nitrogen and oxygen atoms in total. The molecule has 1 aliphatic rings. The van der Waals surface area contributed by atoms with E-state index in [0.29, 0.717) is 0 Å². The lowest BCUT2D eigenvalue weighted by atomic mass is 9.94. The quantitative estimate of drug-likeness (QED) is 0.668. The molecule has 1 N–H and O–H groups in total. The maximum absolute atomic E-state index is 5.76. The summed E-state index contributed by atoms with van der Waals surface area (Å²) in [5.41, 5.74) is 0.184. The standard InChI is InChI=1S/C9H19NO/c1-3-5-9(8-10-2)6-4-7-11-9/h10H,3-8H2,1-2H3. The molecule has 1 fully saturated rings. The van der Waals surface area contributed by atoms with Crippen molar-refractivity contribution in [3.05, 3.63) is 0 Å². The Morgan fingerprint density at radius 2 is 2.36 bits per heavy atom. The van der Waals surface area contributed by atoms with E-state index in [1.54, 1.807) is 0 Å². The van der Waals surface area contributed by atoms with Crippen molar-refractivity contribution in [1.29, 1.82) is 0 Å². The number of hydrogen-bond donors (Lipinski definition) is 1. The van der Waals surface area contributed by atoms with Gasteiger partial charge in [-0.05, 0) is 26.3 Å². The maximum atomic E-state index is 5.76. The summed E-state index contributed by atoms with van der Waals surface area (Å²) in [6.07, 6.45) is 4.90. The predicted molar refractivity (Wildman–Crippen MR) is 46.8 cm³/mol. The van der Waals surface area contributed by atoms with Crippen LogP contribution in [0.15, 0.2) is 0 Å². The first kappa shape index (κ1) is 9.01. The van der Waals surface area contributed by atoms with Gasteiger partial charge in [0, 0.05) is 13.2 Å². The molecule has 11 heavy (non-hydrogen) atoms. The molecule has 1 rings (SSSR count). The van der Waals surface area contributed by atoms with Crippen LogP contribution in [0.1, 0.15) is 32.6 Å². The fraction of sp³-hybridized carbons (Fsp3) is 1.00. The van der Waals surface area contributed by atoms with Crippen LogP contribution in [0.4, 0.5) is 0 Å². The fourth-order valence-corrected chi connectivity index (χ4v) is 1.96. The molecule has 0 amide bonds. The highest BCUT2D eigenvalue weighted by Crippen LogP contribution is 2.29. The molecule has 2 heteroatoms. The van der Waals surface area contributed by atoms with Gasteiger partial charge in [0.15, 0.2) is 0 Å². The minimum Gasteiger partial charge on any atom is -0.374 e. The van der Waals surface area contributed by atoms with E-state index in [9.17, 15) is 0 Å². The predicted octanol–water partition coefficient (Wildman–Crippen LogP) is 1.56. The van der Waals surface area contributed by atoms with Crippen LogP contribution in [0.2, 0.25) is 0 Å². The number of rotatable bonds is 4. The Hall–Kier alpha value is -0.0800. The smallest absolute Gasteiger partial charge is 0.0806 e. The Bertz CT molecular complexity index is 100. The van der Waals surface area contributed by atoms with Gasteiger partial charge in [-0.2, -0.15) is 0 Å². The molecule has 1 saturated heterocycles. The third kappa shape index (κ3) is 2.17. The molecule has 0 saturated carbocycles. The van der Waals surface area contributed by atoms with Gasteiger partial charge in [0.2, 0.25) is 0 Å². The summed E-state index contributed by atoms with van der Waals surface area (Å²) in [5, 5.41) is 3.21. The van der Waals surface area contributed by atoms with Crippen LogP contribution in [-0.2, 0) is 4.74 Å². The molecule has 0 bridgehead atoms. The van der Waals surface area contributed by atoms with Gasteiger partial charge in [0.1, 0.15) is 0 Å². The number of ether oxygens (including phenoxy) is 1. The number of likely N-dealkylation sites (N-methyl/N-ethyl adjacent to an activating group) is 1. The zero-order valence-electron chi connectivity index (χ0n) is 7.65. The average molecular weight is 157 g/mol. The van der Waals surface area contributed by atoms with E-state index in [-0.39, 0.29) is 5.60 Å². The molecule has 1 unspecified atom stereocenters. The Balaban J connectivity index is 2.40. The summed E-state index contributed by atoms with van der Waals surface area (Å²) in [6.45, 7) is 4.20. The summed E-state index contributed by atoms with van der Waals surface area (Å²) >= 11 is 0. The lowest BCUT2D eigenvalue weighted by Crippen LogP contribution is -2.38. The van der Waals surface area contributed by atoms with Crippen LogP contribution in [0.5, 0.6) is 0 Å². The minimum atomic E-state index is 0.184. The molecule has 0 aromatic heterocycles. The van der Waals surface area contributed by atoms with E-state index >= 15 is 0 Å². The maximum Gasteiger partial charge on any atom is 0.0806 e. The van der Waals surface area contributed by atoms with Gasteiger partial charge in [0.05, 0.1) is 5.60 Å². The SMILES string of the molecule is CCCC1(CNC)CCCO1. The van der Waals surface area contributed by atoms with Crippen molar-refractivity contribution in [2.45, 2.75) is 38.2 Å². The Kier molecular flexibility index (Phi) is 3.34. The molecule has 0 aromatic rings. The topological polar surface area (TPSA) is 21.3 Å². The lowest BCUT2D eigenvalue weighted by Gasteiger charge is -2.27. The lowest BCUT2D eigenvalue weighted by molar-refractivity contribution is -0.00102. The van der Waals surface area contributed by atoms with Crippen LogP contribution in [-0.4, -0.2) is 25.8 Å². The monoisotopic (exact) mass is 157 g/mol. The fourth-order valence-electron chi connectivity index (χ4n) is 1.96. The summed E-state index contributed by atoms with van der Waals surface area (Å²) in [7, 11) is 2.00. The first-order chi connectivity index (χ1) is 5.33. The van der Waals surface area contributed by atoms with Crippen LogP contribution >= 0.6 is 0 Å². The van der Waals surface area contributed by atoms with E-state index in [4.69, 9.17) is 4.74 Å². The van der Waals surface area contributed by atoms with Gasteiger partial charge in [-0.25, -0.2) is 0 Å². The van der Waals surface area contributed by atoms with E-state index in [1.165, 1.54) is 25.7 Å². The van der Waals surface area contributed by atoms with Gasteiger partial charge in [-0.1, -0.05) is 13.3 Å². The normalized spacial score (nSPS) is 31.1. The van der Waals surface area contributed by atoms with Crippen molar-refractivity contribution < 1.29 is 4.74 Å². The molecule has 0 aliphatic carbocycles. The van der Waals surface area contributed by atoms with Crippen molar-refractivity contribution in [3.8, 4) is 0 Å². The molecule has 0 spiro atoms. The molecule has 1 atom stereocenters. The summed E-state index contributed by atoms with van der Waals surface area (Å²) in [5.74, 6) is 0. The van der Waals surface area contributed by atoms with E-state index in [1.807, 2.05) is 7.05 Å². The molecular formula is C9H19NO. The van der Waals surface area contributed by atoms with Crippen LogP contribution < -0.4 is 5.32 Å². The van der Waals surface area contributed by atoms with E-state index in [0.717, 1.165) is 13.2 Å². The van der Waals surface area contributed by atoms with Gasteiger partial charge in [0.25, 0.3) is 0 Å². The zero-order chi connectivity index (χ0) is 8.16. The van der Waals surface area contributed by atoms with Crippen molar-refractivity contribution in [2.75, 3.05) is 20.2 Å². The van der Waals surface area contributed by atoms with Crippen molar-refractivity contribution in [1.82, 2.24) is 5.32 Å². The van der Waals surface area contributed by atoms with Crippen LogP contribution in [0, 0.1) is 0 Å². The van der Waals surface area contributed by atoms with E-state index in [2.05, 4.69) is 12.2 Å². The van der Waals surface area contributed by atoms with Gasteiger partial charge < -0.3 is 10.1 Å². The average Bonchev–Trinajstić information content (AvgIpc) is 2.39. The molecule has 1 heterocycles. The van der Waals surface area contributed by atoms with Crippen molar-refractivity contribution >= 4 is 0 Å². The Labute approximate surface area is 69.3 Å². The van der Waals surface area contributed by atoms with Gasteiger partial charge in [-0.15, -0.1) is 0 Å². The van der Waals surface area contributed by atoms with Gasteiger partial charge >= 0.3 is 0 Å². The second kappa shape index (κ2) is 4.07. The Morgan fingerprint density at radius 1 is 1.55 bits per heavy atom. The number of hydrogen-bond acceptors (Lipinski definition) is 2. The largest absolute Gasteiger partial charge is 0.374 e. The molecule has 0 radical (unpaired) electrons. The highest BCUT2D eigenvalue weighted by atomic mass is 16.5.